The van der Waals surface area contributed by atoms with Gasteiger partial charge in [-0.05, 0) is 45.0 Å². The Hall–Kier alpha value is -2.55. The van der Waals surface area contributed by atoms with Crippen molar-refractivity contribution in [2.45, 2.75) is 32.2 Å². The van der Waals surface area contributed by atoms with Crippen LogP contribution in [0, 0.1) is 19.7 Å². The van der Waals surface area contributed by atoms with Gasteiger partial charge in [0.2, 0.25) is 5.91 Å². The number of aryl methyl sites for hydroxylation is 1. The van der Waals surface area contributed by atoms with Crippen LogP contribution in [0.5, 0.6) is 0 Å². The van der Waals surface area contributed by atoms with E-state index in [0.717, 1.165) is 12.1 Å². The molecule has 0 aliphatic carbocycles. The number of amides is 1. The van der Waals surface area contributed by atoms with Gasteiger partial charge in [-0.15, -0.1) is 0 Å². The highest BCUT2D eigenvalue weighted by Crippen LogP contribution is 2.14. The number of carbonyl (C=O) groups excluding carboxylic acids is 2. The number of sulfone groups is 1. The first-order valence-corrected chi connectivity index (χ1v) is 9.57. The van der Waals surface area contributed by atoms with Gasteiger partial charge in [-0.2, -0.15) is 5.10 Å². The number of benzene rings is 1. The fourth-order valence-corrected chi connectivity index (χ4v) is 3.79. The lowest BCUT2D eigenvalue weighted by Crippen LogP contribution is -2.32. The summed E-state index contributed by atoms with van der Waals surface area (Å²) in [7, 11) is -3.62. The van der Waals surface area contributed by atoms with Crippen LogP contribution in [0.3, 0.4) is 0 Å². The Bertz CT molecular complexity index is 934. The Balaban J connectivity index is 1.94. The number of aromatic nitrogens is 2. The quantitative estimate of drug-likeness (QED) is 0.578. The Morgan fingerprint density at radius 1 is 1.19 bits per heavy atom. The number of hydrogen-bond donors (Lipinski definition) is 1. The van der Waals surface area contributed by atoms with Crippen molar-refractivity contribution in [3.05, 3.63) is 47.0 Å². The van der Waals surface area contributed by atoms with E-state index < -0.39 is 21.6 Å². The fraction of sp³-hybridized carbons (Fsp3) is 0.353. The number of rotatable bonds is 7. The summed E-state index contributed by atoms with van der Waals surface area (Å²) in [5.74, 6) is -1.37. The van der Waals surface area contributed by atoms with Gasteiger partial charge in [0.25, 0.3) is 0 Å². The lowest BCUT2D eigenvalue weighted by Gasteiger charge is -2.08. The Kier molecular flexibility index (Phi) is 5.91. The molecule has 26 heavy (non-hydrogen) atoms. The number of halogens is 1. The third-order valence-corrected chi connectivity index (χ3v) is 5.62. The summed E-state index contributed by atoms with van der Waals surface area (Å²) in [6.07, 6.45) is 0. The molecule has 0 saturated carbocycles. The van der Waals surface area contributed by atoms with E-state index in [0.29, 0.717) is 17.0 Å². The molecule has 1 N–H and O–H groups in total. The minimum Gasteiger partial charge on any atom is -0.353 e. The van der Waals surface area contributed by atoms with Crippen LogP contribution in [0.15, 0.2) is 29.2 Å². The molecule has 0 fully saturated rings. The number of Topliss-reactive ketones (excluding diaryl/α,β-unsaturated/α-hetero) is 1. The van der Waals surface area contributed by atoms with E-state index in [-0.39, 0.29) is 29.5 Å². The number of carbonyl (C=O) groups is 2. The smallest absolute Gasteiger partial charge is 0.241 e. The lowest BCUT2D eigenvalue weighted by atomic mass is 10.1. The van der Waals surface area contributed by atoms with E-state index in [4.69, 9.17) is 0 Å². The normalized spacial score (nSPS) is 11.4. The molecule has 0 unspecified atom stereocenters. The molecule has 1 heterocycles. The SMILES string of the molecule is CC(=O)c1c(C)nn(CC(=O)NCCS(=O)(=O)c2ccc(F)cc2)c1C. The maximum atomic E-state index is 12.9. The van der Waals surface area contributed by atoms with E-state index >= 15 is 0 Å². The van der Waals surface area contributed by atoms with Crippen molar-refractivity contribution in [3.63, 3.8) is 0 Å². The minimum absolute atomic E-state index is 0.00204. The maximum absolute atomic E-state index is 12.9. The van der Waals surface area contributed by atoms with Crippen molar-refractivity contribution in [1.82, 2.24) is 15.1 Å². The van der Waals surface area contributed by atoms with E-state index in [2.05, 4.69) is 10.4 Å². The van der Waals surface area contributed by atoms with Crippen molar-refractivity contribution < 1.29 is 22.4 Å². The molecule has 1 amide bonds. The molecule has 2 aromatic rings. The summed E-state index contributed by atoms with van der Waals surface area (Å²) in [5, 5.41) is 6.68. The molecule has 0 atom stereocenters. The number of ketones is 1. The predicted octanol–water partition coefficient (Wildman–Crippen LogP) is 1.43. The minimum atomic E-state index is -3.62. The predicted molar refractivity (Wildman–Crippen MR) is 93.2 cm³/mol. The molecule has 0 bridgehead atoms. The van der Waals surface area contributed by atoms with Crippen molar-refractivity contribution in [3.8, 4) is 0 Å². The molecule has 7 nitrogen and oxygen atoms in total. The van der Waals surface area contributed by atoms with Crippen LogP contribution in [-0.4, -0.2) is 42.2 Å². The van der Waals surface area contributed by atoms with Crippen LogP contribution in [0.1, 0.15) is 28.7 Å². The summed E-state index contributed by atoms with van der Waals surface area (Å²) in [5.41, 5.74) is 1.61. The summed E-state index contributed by atoms with van der Waals surface area (Å²) < 4.78 is 38.5. The van der Waals surface area contributed by atoms with Gasteiger partial charge in [0, 0.05) is 12.2 Å². The highest BCUT2D eigenvalue weighted by Gasteiger charge is 2.18. The second-order valence-corrected chi connectivity index (χ2v) is 7.99. The van der Waals surface area contributed by atoms with Crippen molar-refractivity contribution in [2.75, 3.05) is 12.3 Å². The summed E-state index contributed by atoms with van der Waals surface area (Å²) in [6, 6.07) is 4.51. The molecule has 0 saturated heterocycles. The van der Waals surface area contributed by atoms with E-state index in [9.17, 15) is 22.4 Å². The van der Waals surface area contributed by atoms with Crippen molar-refractivity contribution in [1.29, 1.82) is 0 Å². The highest BCUT2D eigenvalue weighted by atomic mass is 32.2. The zero-order valence-electron chi connectivity index (χ0n) is 14.7. The number of hydrogen-bond acceptors (Lipinski definition) is 5. The van der Waals surface area contributed by atoms with E-state index in [1.54, 1.807) is 13.8 Å². The van der Waals surface area contributed by atoms with Crippen molar-refractivity contribution in [2.24, 2.45) is 0 Å². The Morgan fingerprint density at radius 2 is 1.81 bits per heavy atom. The van der Waals surface area contributed by atoms with Crippen LogP contribution in [0.4, 0.5) is 4.39 Å². The molecule has 0 aliphatic rings. The monoisotopic (exact) mass is 381 g/mol. The molecule has 9 heteroatoms. The molecule has 2 rings (SSSR count). The molecule has 1 aromatic carbocycles. The van der Waals surface area contributed by atoms with Crippen LogP contribution in [0.2, 0.25) is 0 Å². The van der Waals surface area contributed by atoms with Gasteiger partial charge >= 0.3 is 0 Å². The summed E-state index contributed by atoms with van der Waals surface area (Å²) in [6.45, 7) is 4.62. The average molecular weight is 381 g/mol. The zero-order valence-corrected chi connectivity index (χ0v) is 15.6. The first-order chi connectivity index (χ1) is 12.1. The second-order valence-electron chi connectivity index (χ2n) is 5.88. The van der Waals surface area contributed by atoms with Gasteiger partial charge in [-0.25, -0.2) is 12.8 Å². The van der Waals surface area contributed by atoms with Gasteiger partial charge in [-0.3, -0.25) is 14.3 Å². The third-order valence-electron chi connectivity index (χ3n) is 3.89. The maximum Gasteiger partial charge on any atom is 0.241 e. The largest absolute Gasteiger partial charge is 0.353 e. The number of nitrogens with one attached hydrogen (secondary N) is 1. The van der Waals surface area contributed by atoms with Gasteiger partial charge in [-0.1, -0.05) is 0 Å². The van der Waals surface area contributed by atoms with Gasteiger partial charge in [0.15, 0.2) is 15.6 Å². The van der Waals surface area contributed by atoms with E-state index in [1.807, 2.05) is 0 Å². The fourth-order valence-electron chi connectivity index (χ4n) is 2.64. The molecular weight excluding hydrogens is 361 g/mol. The van der Waals surface area contributed by atoms with Crippen LogP contribution >= 0.6 is 0 Å². The standard InChI is InChI=1S/C17H20FN3O4S/c1-11-17(13(3)22)12(2)21(20-11)10-16(23)19-8-9-26(24,25)15-6-4-14(18)5-7-15/h4-7H,8-10H2,1-3H3,(H,19,23). The summed E-state index contributed by atoms with van der Waals surface area (Å²) in [4.78, 5) is 23.6. The molecule has 1 aromatic heterocycles. The first-order valence-electron chi connectivity index (χ1n) is 7.92. The highest BCUT2D eigenvalue weighted by molar-refractivity contribution is 7.91. The number of nitrogens with zero attached hydrogens (tertiary/aromatic N) is 2. The molecule has 0 aliphatic heterocycles. The second kappa shape index (κ2) is 7.77. The molecule has 140 valence electrons. The van der Waals surface area contributed by atoms with Crippen LogP contribution in [-0.2, 0) is 21.2 Å². The van der Waals surface area contributed by atoms with Gasteiger partial charge in [0.05, 0.1) is 21.9 Å². The van der Waals surface area contributed by atoms with Crippen molar-refractivity contribution >= 4 is 21.5 Å². The third kappa shape index (κ3) is 4.54. The van der Waals surface area contributed by atoms with Gasteiger partial charge in [0.1, 0.15) is 12.4 Å². The Labute approximate surface area is 151 Å². The summed E-state index contributed by atoms with van der Waals surface area (Å²) >= 11 is 0. The lowest BCUT2D eigenvalue weighted by molar-refractivity contribution is -0.121. The van der Waals surface area contributed by atoms with Crippen LogP contribution in [0.25, 0.3) is 0 Å². The zero-order chi connectivity index (χ0) is 19.5. The first kappa shape index (κ1) is 19.8. The topological polar surface area (TPSA) is 98.1 Å². The molecular formula is C17H20FN3O4S. The molecule has 0 radical (unpaired) electrons. The van der Waals surface area contributed by atoms with Crippen LogP contribution < -0.4 is 5.32 Å². The van der Waals surface area contributed by atoms with E-state index in [1.165, 1.54) is 23.7 Å². The molecule has 0 spiro atoms. The van der Waals surface area contributed by atoms with Gasteiger partial charge < -0.3 is 5.32 Å². The Morgan fingerprint density at radius 3 is 2.35 bits per heavy atom. The average Bonchev–Trinajstić information content (AvgIpc) is 2.81.